The van der Waals surface area contributed by atoms with Crippen LogP contribution >= 0.6 is 11.6 Å². The predicted octanol–water partition coefficient (Wildman–Crippen LogP) is 3.61. The molecule has 1 N–H and O–H groups in total. The van der Waals surface area contributed by atoms with Crippen molar-refractivity contribution < 1.29 is 18.0 Å². The number of rotatable bonds is 7. The predicted molar refractivity (Wildman–Crippen MR) is 130 cm³/mol. The van der Waals surface area contributed by atoms with E-state index in [1.54, 1.807) is 43.3 Å². The molecule has 2 amide bonds. The summed E-state index contributed by atoms with van der Waals surface area (Å²) in [5.74, 6) is -0.531. The summed E-state index contributed by atoms with van der Waals surface area (Å²) < 4.78 is 27.7. The summed E-state index contributed by atoms with van der Waals surface area (Å²) in [6.45, 7) is 7.40. The van der Waals surface area contributed by atoms with E-state index in [0.29, 0.717) is 23.2 Å². The van der Waals surface area contributed by atoms with Crippen molar-refractivity contribution in [1.29, 1.82) is 0 Å². The Morgan fingerprint density at radius 3 is 2.45 bits per heavy atom. The number of carbonyl (C=O) groups excluding carboxylic acids is 2. The minimum atomic E-state index is -3.97. The van der Waals surface area contributed by atoms with Gasteiger partial charge in [0.15, 0.2) is 0 Å². The van der Waals surface area contributed by atoms with Crippen molar-refractivity contribution in [2.75, 3.05) is 24.5 Å². The fraction of sp³-hybridized carbons (Fsp3) is 0.417. The molecule has 1 aliphatic rings. The van der Waals surface area contributed by atoms with Gasteiger partial charge in [-0.1, -0.05) is 49.7 Å². The van der Waals surface area contributed by atoms with Gasteiger partial charge in [0, 0.05) is 23.8 Å². The standard InChI is InChI=1S/C24H30ClN3O4S/c1-17(2)12-13-26-23(30)24(4)16-27(33(31,32)20-8-6-5-7-9-20)15-22(29)28(24)19-11-10-18(3)21(25)14-19/h5-11,14,17H,12-13,15-16H2,1-4H3,(H,26,30). The molecule has 2 aromatic rings. The van der Waals surface area contributed by atoms with Gasteiger partial charge in [-0.3, -0.25) is 14.5 Å². The van der Waals surface area contributed by atoms with Crippen LogP contribution in [0.2, 0.25) is 5.02 Å². The van der Waals surface area contributed by atoms with Crippen molar-refractivity contribution in [3.05, 3.63) is 59.1 Å². The molecule has 9 heteroatoms. The Balaban J connectivity index is 2.02. The number of piperazine rings is 1. The zero-order chi connectivity index (χ0) is 24.4. The molecule has 0 aliphatic carbocycles. The van der Waals surface area contributed by atoms with Crippen LogP contribution in [-0.2, 0) is 19.6 Å². The molecule has 3 rings (SSSR count). The molecule has 0 spiro atoms. The number of nitrogens with zero attached hydrogens (tertiary/aromatic N) is 2. The molecule has 7 nitrogen and oxygen atoms in total. The summed E-state index contributed by atoms with van der Waals surface area (Å²) in [5, 5.41) is 3.36. The van der Waals surface area contributed by atoms with E-state index >= 15 is 0 Å². The summed E-state index contributed by atoms with van der Waals surface area (Å²) >= 11 is 6.31. The van der Waals surface area contributed by atoms with Gasteiger partial charge in [-0.2, -0.15) is 4.31 Å². The molecular weight excluding hydrogens is 462 g/mol. The first-order valence-corrected chi connectivity index (χ1v) is 12.7. The SMILES string of the molecule is Cc1ccc(N2C(=O)CN(S(=O)(=O)c3ccccc3)CC2(C)C(=O)NCCC(C)C)cc1Cl. The third-order valence-corrected chi connectivity index (χ3v) is 8.04. The number of carbonyl (C=O) groups is 2. The van der Waals surface area contributed by atoms with Crippen LogP contribution in [0, 0.1) is 12.8 Å². The molecule has 0 aromatic heterocycles. The van der Waals surface area contributed by atoms with Crippen LogP contribution in [0.15, 0.2) is 53.4 Å². The second-order valence-electron chi connectivity index (χ2n) is 8.96. The van der Waals surface area contributed by atoms with Gasteiger partial charge in [-0.15, -0.1) is 0 Å². The van der Waals surface area contributed by atoms with Crippen molar-refractivity contribution >= 4 is 39.1 Å². The van der Waals surface area contributed by atoms with E-state index in [1.165, 1.54) is 17.0 Å². The molecule has 33 heavy (non-hydrogen) atoms. The van der Waals surface area contributed by atoms with Crippen LogP contribution in [0.4, 0.5) is 5.69 Å². The molecule has 1 unspecified atom stereocenters. The lowest BCUT2D eigenvalue weighted by Crippen LogP contribution is -2.70. The third kappa shape index (κ3) is 5.23. The Kier molecular flexibility index (Phi) is 7.51. The van der Waals surface area contributed by atoms with E-state index in [2.05, 4.69) is 5.32 Å². The summed E-state index contributed by atoms with van der Waals surface area (Å²) in [5.41, 5.74) is -0.178. The molecule has 1 atom stereocenters. The van der Waals surface area contributed by atoms with Crippen LogP contribution in [0.1, 0.15) is 32.8 Å². The van der Waals surface area contributed by atoms with E-state index in [-0.39, 0.29) is 18.0 Å². The highest BCUT2D eigenvalue weighted by Gasteiger charge is 2.51. The zero-order valence-electron chi connectivity index (χ0n) is 19.3. The van der Waals surface area contributed by atoms with Crippen LogP contribution in [0.5, 0.6) is 0 Å². The van der Waals surface area contributed by atoms with Gasteiger partial charge in [0.1, 0.15) is 5.54 Å². The number of nitrogens with one attached hydrogen (secondary N) is 1. The van der Waals surface area contributed by atoms with Crippen molar-refractivity contribution in [2.45, 2.75) is 44.6 Å². The lowest BCUT2D eigenvalue weighted by Gasteiger charge is -2.46. The summed E-state index contributed by atoms with van der Waals surface area (Å²) in [6.07, 6.45) is 0.762. The van der Waals surface area contributed by atoms with Crippen molar-refractivity contribution in [3.8, 4) is 0 Å². The highest BCUT2D eigenvalue weighted by molar-refractivity contribution is 7.89. The average Bonchev–Trinajstić information content (AvgIpc) is 2.76. The molecular formula is C24H30ClN3O4S. The number of aryl methyl sites for hydroxylation is 1. The number of sulfonamides is 1. The largest absolute Gasteiger partial charge is 0.354 e. The minimum Gasteiger partial charge on any atom is -0.354 e. The first-order valence-electron chi connectivity index (χ1n) is 10.9. The van der Waals surface area contributed by atoms with Crippen molar-refractivity contribution in [1.82, 2.24) is 9.62 Å². The number of anilines is 1. The smallest absolute Gasteiger partial charge is 0.247 e. The van der Waals surface area contributed by atoms with E-state index < -0.39 is 27.4 Å². The monoisotopic (exact) mass is 491 g/mol. The second-order valence-corrected chi connectivity index (χ2v) is 11.3. The number of amides is 2. The molecule has 0 radical (unpaired) electrons. The van der Waals surface area contributed by atoms with Gasteiger partial charge in [0.25, 0.3) is 0 Å². The van der Waals surface area contributed by atoms with Crippen molar-refractivity contribution in [2.24, 2.45) is 5.92 Å². The van der Waals surface area contributed by atoms with Gasteiger partial charge in [0.05, 0.1) is 11.4 Å². The maximum atomic E-state index is 13.4. The van der Waals surface area contributed by atoms with Crippen LogP contribution in [0.3, 0.4) is 0 Å². The normalized spacial score (nSPS) is 19.7. The quantitative estimate of drug-likeness (QED) is 0.641. The average molecular weight is 492 g/mol. The first kappa shape index (κ1) is 25.2. The minimum absolute atomic E-state index is 0.0761. The van der Waals surface area contributed by atoms with Crippen molar-refractivity contribution in [3.63, 3.8) is 0 Å². The molecule has 1 fully saturated rings. The van der Waals surface area contributed by atoms with Gasteiger partial charge in [-0.05, 0) is 56.0 Å². The maximum absolute atomic E-state index is 13.4. The molecule has 178 valence electrons. The number of halogens is 1. The fourth-order valence-electron chi connectivity index (χ4n) is 3.87. The number of benzene rings is 2. The molecule has 0 saturated carbocycles. The Hall–Kier alpha value is -2.42. The lowest BCUT2D eigenvalue weighted by atomic mass is 9.94. The Bertz CT molecular complexity index is 1140. The molecule has 1 heterocycles. The number of hydrogen-bond acceptors (Lipinski definition) is 4. The van der Waals surface area contributed by atoms with E-state index in [1.807, 2.05) is 20.8 Å². The van der Waals surface area contributed by atoms with E-state index in [4.69, 9.17) is 11.6 Å². The number of hydrogen-bond donors (Lipinski definition) is 1. The third-order valence-electron chi connectivity index (χ3n) is 5.83. The maximum Gasteiger partial charge on any atom is 0.247 e. The van der Waals surface area contributed by atoms with Gasteiger partial charge >= 0.3 is 0 Å². The highest BCUT2D eigenvalue weighted by atomic mass is 35.5. The molecule has 1 saturated heterocycles. The van der Waals surface area contributed by atoms with Crippen LogP contribution < -0.4 is 10.2 Å². The fourth-order valence-corrected chi connectivity index (χ4v) is 5.54. The second kappa shape index (κ2) is 9.83. The van der Waals surface area contributed by atoms with E-state index in [0.717, 1.165) is 16.3 Å². The summed E-state index contributed by atoms with van der Waals surface area (Å²) in [7, 11) is -3.97. The summed E-state index contributed by atoms with van der Waals surface area (Å²) in [4.78, 5) is 28.3. The Morgan fingerprint density at radius 2 is 1.85 bits per heavy atom. The topological polar surface area (TPSA) is 86.8 Å². The lowest BCUT2D eigenvalue weighted by molar-refractivity contribution is -0.132. The molecule has 1 aliphatic heterocycles. The molecule has 2 aromatic carbocycles. The Morgan fingerprint density at radius 1 is 1.18 bits per heavy atom. The molecule has 0 bridgehead atoms. The first-order chi connectivity index (χ1) is 15.5. The van der Waals surface area contributed by atoms with Gasteiger partial charge in [0.2, 0.25) is 21.8 Å². The van der Waals surface area contributed by atoms with Gasteiger partial charge in [-0.25, -0.2) is 8.42 Å². The van der Waals surface area contributed by atoms with Gasteiger partial charge < -0.3 is 5.32 Å². The highest BCUT2D eigenvalue weighted by Crippen LogP contribution is 2.34. The van der Waals surface area contributed by atoms with E-state index in [9.17, 15) is 18.0 Å². The summed E-state index contributed by atoms with van der Waals surface area (Å²) in [6, 6.07) is 13.0. The Labute approximate surface area is 200 Å². The van der Waals surface area contributed by atoms with Crippen LogP contribution in [-0.4, -0.2) is 49.7 Å². The zero-order valence-corrected chi connectivity index (χ0v) is 20.9. The van der Waals surface area contributed by atoms with Crippen LogP contribution in [0.25, 0.3) is 0 Å².